The van der Waals surface area contributed by atoms with Crippen LogP contribution in [0.4, 0.5) is 0 Å². The first kappa shape index (κ1) is 16.4. The van der Waals surface area contributed by atoms with Crippen LogP contribution in [0.5, 0.6) is 0 Å². The summed E-state index contributed by atoms with van der Waals surface area (Å²) in [6, 6.07) is 10.4. The van der Waals surface area contributed by atoms with Crippen LogP contribution < -0.4 is 0 Å². The van der Waals surface area contributed by atoms with E-state index in [1.165, 1.54) is 11.1 Å². The van der Waals surface area contributed by atoms with Crippen molar-refractivity contribution in [2.45, 2.75) is 37.3 Å². The highest BCUT2D eigenvalue weighted by Crippen LogP contribution is 2.18. The third-order valence-electron chi connectivity index (χ3n) is 4.13. The fraction of sp³-hybridized carbons (Fsp3) is 0.444. The van der Waals surface area contributed by atoms with Crippen LogP contribution in [0.25, 0.3) is 0 Å². The molecule has 2 heterocycles. The van der Waals surface area contributed by atoms with Gasteiger partial charge in [-0.25, -0.2) is 9.97 Å². The number of benzene rings is 1. The van der Waals surface area contributed by atoms with Crippen LogP contribution in [-0.2, 0) is 17.9 Å². The van der Waals surface area contributed by atoms with E-state index in [-0.39, 0.29) is 0 Å². The predicted octanol–water partition coefficient (Wildman–Crippen LogP) is 3.38. The van der Waals surface area contributed by atoms with Crippen molar-refractivity contribution < 1.29 is 4.74 Å². The third kappa shape index (κ3) is 5.03. The van der Waals surface area contributed by atoms with E-state index >= 15 is 0 Å². The first-order valence-electron chi connectivity index (χ1n) is 8.06. The molecule has 0 bridgehead atoms. The lowest BCUT2D eigenvalue weighted by Crippen LogP contribution is -2.36. The van der Waals surface area contributed by atoms with Crippen molar-refractivity contribution in [2.24, 2.45) is 0 Å². The highest BCUT2D eigenvalue weighted by Gasteiger charge is 2.19. The molecule has 1 aliphatic heterocycles. The molecule has 4 nitrogen and oxygen atoms in total. The Hall–Kier alpha value is -1.43. The number of aromatic nitrogens is 2. The zero-order valence-corrected chi connectivity index (χ0v) is 14.3. The fourth-order valence-corrected chi connectivity index (χ4v) is 3.13. The Balaban J connectivity index is 1.41. The largest absolute Gasteiger partial charge is 0.373 e. The first-order valence-corrected chi connectivity index (χ1v) is 9.29. The molecule has 122 valence electrons. The summed E-state index contributed by atoms with van der Waals surface area (Å²) in [5, 5.41) is 0.835. The van der Waals surface area contributed by atoms with Crippen molar-refractivity contribution in [1.29, 1.82) is 0 Å². The Kier molecular flexibility index (Phi) is 6.02. The molecule has 0 spiro atoms. The zero-order chi connectivity index (χ0) is 15.9. The van der Waals surface area contributed by atoms with E-state index in [1.807, 2.05) is 24.7 Å². The molecule has 1 fully saturated rings. The Bertz CT molecular complexity index is 583. The molecule has 0 radical (unpaired) electrons. The van der Waals surface area contributed by atoms with Crippen LogP contribution in [0.15, 0.2) is 47.9 Å². The minimum absolute atomic E-state index is 0.376. The zero-order valence-electron chi connectivity index (χ0n) is 13.5. The molecule has 1 aromatic heterocycles. The van der Waals surface area contributed by atoms with Gasteiger partial charge >= 0.3 is 0 Å². The molecule has 0 atom stereocenters. The number of ether oxygens (including phenoxy) is 1. The van der Waals surface area contributed by atoms with Gasteiger partial charge in [0.1, 0.15) is 0 Å². The quantitative estimate of drug-likeness (QED) is 0.600. The van der Waals surface area contributed by atoms with E-state index in [1.54, 1.807) is 11.8 Å². The molecular formula is C18H23N3OS. The molecule has 0 unspecified atom stereocenters. The molecule has 5 heteroatoms. The molecule has 3 rings (SSSR count). The number of piperidine rings is 1. The van der Waals surface area contributed by atoms with E-state index in [0.29, 0.717) is 6.10 Å². The Morgan fingerprint density at radius 2 is 1.78 bits per heavy atom. The minimum atomic E-state index is 0.376. The summed E-state index contributed by atoms with van der Waals surface area (Å²) in [6.07, 6.45) is 8.44. The average molecular weight is 329 g/mol. The molecule has 1 aromatic carbocycles. The second kappa shape index (κ2) is 8.43. The lowest BCUT2D eigenvalue weighted by Gasteiger charge is -2.31. The number of thioether (sulfide) groups is 1. The Labute approximate surface area is 142 Å². The van der Waals surface area contributed by atoms with Gasteiger partial charge in [-0.05, 0) is 24.7 Å². The van der Waals surface area contributed by atoms with Gasteiger partial charge in [-0.15, -0.1) is 0 Å². The topological polar surface area (TPSA) is 38.2 Å². The van der Waals surface area contributed by atoms with Gasteiger partial charge in [-0.3, -0.25) is 4.90 Å². The van der Waals surface area contributed by atoms with Crippen LogP contribution >= 0.6 is 11.8 Å². The molecular weight excluding hydrogens is 306 g/mol. The van der Waals surface area contributed by atoms with Gasteiger partial charge < -0.3 is 4.74 Å². The summed E-state index contributed by atoms with van der Waals surface area (Å²) >= 11 is 1.58. The summed E-state index contributed by atoms with van der Waals surface area (Å²) < 4.78 is 6.04. The van der Waals surface area contributed by atoms with E-state index < -0.39 is 0 Å². The van der Waals surface area contributed by atoms with E-state index in [4.69, 9.17) is 4.74 Å². The standard InChI is InChI=1S/C18H23N3OS/c1-23-18-19-11-16(12-20-18)13-21-9-7-17(8-10-21)22-14-15-5-3-2-4-6-15/h2-6,11-12,17H,7-10,13-14H2,1H3. The normalized spacial score (nSPS) is 16.6. The van der Waals surface area contributed by atoms with E-state index in [0.717, 1.165) is 44.2 Å². The van der Waals surface area contributed by atoms with Crippen molar-refractivity contribution in [3.05, 3.63) is 53.9 Å². The maximum Gasteiger partial charge on any atom is 0.187 e. The monoisotopic (exact) mass is 329 g/mol. The second-order valence-corrected chi connectivity index (χ2v) is 6.62. The minimum Gasteiger partial charge on any atom is -0.373 e. The molecule has 0 aliphatic carbocycles. The second-order valence-electron chi connectivity index (χ2n) is 5.85. The lowest BCUT2D eigenvalue weighted by atomic mass is 10.1. The van der Waals surface area contributed by atoms with Gasteiger partial charge in [0.2, 0.25) is 0 Å². The fourth-order valence-electron chi connectivity index (χ4n) is 2.81. The highest BCUT2D eigenvalue weighted by molar-refractivity contribution is 7.98. The van der Waals surface area contributed by atoms with Crippen LogP contribution in [-0.4, -0.2) is 40.3 Å². The molecule has 0 saturated carbocycles. The van der Waals surface area contributed by atoms with Crippen LogP contribution in [0.2, 0.25) is 0 Å². The Morgan fingerprint density at radius 1 is 1.09 bits per heavy atom. The maximum absolute atomic E-state index is 6.04. The first-order chi connectivity index (χ1) is 11.3. The lowest BCUT2D eigenvalue weighted by molar-refractivity contribution is -0.00397. The summed E-state index contributed by atoms with van der Waals surface area (Å²) in [5.74, 6) is 0. The van der Waals surface area contributed by atoms with Crippen molar-refractivity contribution in [3.63, 3.8) is 0 Å². The highest BCUT2D eigenvalue weighted by atomic mass is 32.2. The van der Waals surface area contributed by atoms with Crippen LogP contribution in [0, 0.1) is 0 Å². The summed E-state index contributed by atoms with van der Waals surface area (Å²) in [6.45, 7) is 3.79. The molecule has 0 N–H and O–H groups in total. The molecule has 1 aliphatic rings. The SMILES string of the molecule is CSc1ncc(CN2CCC(OCc3ccccc3)CC2)cn1. The molecule has 0 amide bonds. The smallest absolute Gasteiger partial charge is 0.187 e. The number of likely N-dealkylation sites (tertiary alicyclic amines) is 1. The molecule has 1 saturated heterocycles. The van der Waals surface area contributed by atoms with Gasteiger partial charge in [0.15, 0.2) is 5.16 Å². The Morgan fingerprint density at radius 3 is 2.43 bits per heavy atom. The third-order valence-corrected chi connectivity index (χ3v) is 4.71. The van der Waals surface area contributed by atoms with Crippen LogP contribution in [0.3, 0.4) is 0 Å². The summed E-state index contributed by atoms with van der Waals surface area (Å²) in [5.41, 5.74) is 2.44. The van der Waals surface area contributed by atoms with Gasteiger partial charge in [0.05, 0.1) is 12.7 Å². The van der Waals surface area contributed by atoms with Crippen molar-refractivity contribution in [2.75, 3.05) is 19.3 Å². The molecule has 23 heavy (non-hydrogen) atoms. The summed E-state index contributed by atoms with van der Waals surface area (Å²) in [7, 11) is 0. The number of nitrogens with zero attached hydrogens (tertiary/aromatic N) is 3. The van der Waals surface area contributed by atoms with Gasteiger partial charge in [0.25, 0.3) is 0 Å². The van der Waals surface area contributed by atoms with E-state index in [9.17, 15) is 0 Å². The summed E-state index contributed by atoms with van der Waals surface area (Å²) in [4.78, 5) is 11.1. The van der Waals surface area contributed by atoms with Gasteiger partial charge in [-0.2, -0.15) is 0 Å². The number of hydrogen-bond donors (Lipinski definition) is 0. The van der Waals surface area contributed by atoms with Gasteiger partial charge in [0, 0.05) is 37.6 Å². The van der Waals surface area contributed by atoms with Crippen molar-refractivity contribution in [1.82, 2.24) is 14.9 Å². The van der Waals surface area contributed by atoms with Crippen molar-refractivity contribution >= 4 is 11.8 Å². The average Bonchev–Trinajstić information content (AvgIpc) is 2.63. The molecule has 2 aromatic rings. The van der Waals surface area contributed by atoms with Gasteiger partial charge in [-0.1, -0.05) is 42.1 Å². The van der Waals surface area contributed by atoms with Crippen molar-refractivity contribution in [3.8, 4) is 0 Å². The van der Waals surface area contributed by atoms with E-state index in [2.05, 4.69) is 39.1 Å². The van der Waals surface area contributed by atoms with Crippen LogP contribution in [0.1, 0.15) is 24.0 Å². The number of rotatable bonds is 6. The number of hydrogen-bond acceptors (Lipinski definition) is 5. The maximum atomic E-state index is 6.04. The predicted molar refractivity (Wildman–Crippen MR) is 93.3 cm³/mol.